The van der Waals surface area contributed by atoms with Crippen LogP contribution < -0.4 is 5.32 Å². The van der Waals surface area contributed by atoms with Crippen LogP contribution >= 0.6 is 0 Å². The molecular weight excluding hydrogens is 272 g/mol. The van der Waals surface area contributed by atoms with Gasteiger partial charge in [0.1, 0.15) is 11.6 Å². The molecule has 7 heteroatoms. The number of carbonyl (C=O) groups excluding carboxylic acids is 1. The number of ether oxygens (including phenoxy) is 1. The molecule has 0 aromatic heterocycles. The van der Waals surface area contributed by atoms with E-state index in [1.54, 1.807) is 0 Å². The fraction of sp³-hybridized carbons (Fsp3) is 0.385. The van der Waals surface area contributed by atoms with Crippen molar-refractivity contribution >= 4 is 17.6 Å². The summed E-state index contributed by atoms with van der Waals surface area (Å²) in [7, 11) is 0. The predicted octanol–water partition coefficient (Wildman–Crippen LogP) is 2.17. The molecule has 0 bridgehead atoms. The molecule has 1 atom stereocenters. The van der Waals surface area contributed by atoms with Gasteiger partial charge >= 0.3 is 5.97 Å². The Balaban J connectivity index is 2.09. The first kappa shape index (κ1) is 14.4. The summed E-state index contributed by atoms with van der Waals surface area (Å²) in [6.45, 7) is 0.589. The lowest BCUT2D eigenvalue weighted by Gasteiger charge is -2.11. The number of rotatable bonds is 4. The monoisotopic (exact) mass is 285 g/mol. The number of hydrogen-bond donors (Lipinski definition) is 2. The van der Waals surface area contributed by atoms with Crippen LogP contribution in [0.25, 0.3) is 0 Å². The van der Waals surface area contributed by atoms with Crippen LogP contribution in [0.2, 0.25) is 0 Å². The van der Waals surface area contributed by atoms with Gasteiger partial charge in [0.15, 0.2) is 0 Å². The Bertz CT molecular complexity index is 541. The molecule has 1 heterocycles. The molecule has 1 saturated heterocycles. The molecule has 2 rings (SSSR count). The molecule has 1 aromatic carbocycles. The number of nitrogens with one attached hydrogen (secondary N) is 1. The fourth-order valence-corrected chi connectivity index (χ4v) is 2.02. The zero-order valence-corrected chi connectivity index (χ0v) is 10.5. The second kappa shape index (κ2) is 5.96. The summed E-state index contributed by atoms with van der Waals surface area (Å²) in [5.41, 5.74) is -1.05. The van der Waals surface area contributed by atoms with Crippen LogP contribution in [-0.2, 0) is 9.53 Å². The molecule has 1 amide bonds. The van der Waals surface area contributed by atoms with Gasteiger partial charge in [-0.25, -0.2) is 13.6 Å². The third kappa shape index (κ3) is 3.30. The Hall–Kier alpha value is -2.02. The van der Waals surface area contributed by atoms with Crippen molar-refractivity contribution in [3.8, 4) is 0 Å². The topological polar surface area (TPSA) is 75.6 Å². The minimum atomic E-state index is -1.53. The van der Waals surface area contributed by atoms with Crippen LogP contribution in [0.15, 0.2) is 12.1 Å². The van der Waals surface area contributed by atoms with E-state index in [1.807, 2.05) is 0 Å². The summed E-state index contributed by atoms with van der Waals surface area (Å²) in [6.07, 6.45) is 1.46. The van der Waals surface area contributed by atoms with E-state index in [-0.39, 0.29) is 18.2 Å². The van der Waals surface area contributed by atoms with E-state index in [4.69, 9.17) is 9.84 Å². The van der Waals surface area contributed by atoms with Gasteiger partial charge in [-0.15, -0.1) is 0 Å². The molecule has 0 aliphatic carbocycles. The van der Waals surface area contributed by atoms with Crippen molar-refractivity contribution in [2.75, 3.05) is 11.9 Å². The number of carboxylic acids is 1. The van der Waals surface area contributed by atoms with E-state index in [9.17, 15) is 18.4 Å². The van der Waals surface area contributed by atoms with Crippen molar-refractivity contribution in [2.45, 2.75) is 25.4 Å². The van der Waals surface area contributed by atoms with Crippen molar-refractivity contribution in [1.82, 2.24) is 0 Å². The zero-order valence-electron chi connectivity index (χ0n) is 10.5. The van der Waals surface area contributed by atoms with E-state index >= 15 is 0 Å². The Morgan fingerprint density at radius 2 is 2.10 bits per heavy atom. The van der Waals surface area contributed by atoms with Gasteiger partial charge in [-0.2, -0.15) is 0 Å². The number of hydrogen-bond acceptors (Lipinski definition) is 3. The number of anilines is 1. The molecule has 1 aliphatic rings. The molecule has 1 aliphatic heterocycles. The van der Waals surface area contributed by atoms with E-state index in [2.05, 4.69) is 5.32 Å². The quantitative estimate of drug-likeness (QED) is 0.889. The first-order chi connectivity index (χ1) is 9.47. The lowest BCUT2D eigenvalue weighted by molar-refractivity contribution is -0.118. The maximum atomic E-state index is 13.5. The molecule has 108 valence electrons. The Kier molecular flexibility index (Phi) is 4.29. The fourth-order valence-electron chi connectivity index (χ4n) is 2.02. The van der Waals surface area contributed by atoms with Crippen molar-refractivity contribution in [3.05, 3.63) is 29.3 Å². The summed E-state index contributed by atoms with van der Waals surface area (Å²) in [5, 5.41) is 11.0. The number of carboxylic acid groups (broad SMARTS) is 1. The molecule has 1 fully saturated rings. The first-order valence-corrected chi connectivity index (χ1v) is 6.11. The normalized spacial score (nSPS) is 18.0. The highest BCUT2D eigenvalue weighted by molar-refractivity contribution is 5.94. The maximum Gasteiger partial charge on any atom is 0.338 e. The Labute approximate surface area is 113 Å². The Morgan fingerprint density at radius 1 is 1.35 bits per heavy atom. The third-order valence-electron chi connectivity index (χ3n) is 3.00. The summed E-state index contributed by atoms with van der Waals surface area (Å²) in [6, 6.07) is 1.20. The van der Waals surface area contributed by atoms with Crippen LogP contribution in [0.4, 0.5) is 14.5 Å². The van der Waals surface area contributed by atoms with Gasteiger partial charge in [-0.1, -0.05) is 0 Å². The largest absolute Gasteiger partial charge is 0.478 e. The molecule has 0 spiro atoms. The molecule has 1 unspecified atom stereocenters. The number of amides is 1. The van der Waals surface area contributed by atoms with Crippen LogP contribution in [0, 0.1) is 11.6 Å². The second-order valence-corrected chi connectivity index (χ2v) is 4.50. The third-order valence-corrected chi connectivity index (χ3v) is 3.00. The molecule has 0 radical (unpaired) electrons. The number of benzene rings is 1. The summed E-state index contributed by atoms with van der Waals surface area (Å²) >= 11 is 0. The smallest absolute Gasteiger partial charge is 0.338 e. The molecule has 2 N–H and O–H groups in total. The van der Waals surface area contributed by atoms with E-state index in [0.717, 1.165) is 18.9 Å². The minimum absolute atomic E-state index is 0.0548. The molecule has 1 aromatic rings. The van der Waals surface area contributed by atoms with E-state index in [1.165, 1.54) is 0 Å². The highest BCUT2D eigenvalue weighted by Crippen LogP contribution is 2.21. The number of halogens is 2. The average Bonchev–Trinajstić information content (AvgIpc) is 2.84. The SMILES string of the molecule is O=C(CC1CCCO1)Nc1cc(C(=O)O)c(F)cc1F. The predicted molar refractivity (Wildman–Crippen MR) is 65.5 cm³/mol. The van der Waals surface area contributed by atoms with Gasteiger partial charge in [0.25, 0.3) is 0 Å². The first-order valence-electron chi connectivity index (χ1n) is 6.11. The van der Waals surface area contributed by atoms with Crippen LogP contribution in [0.1, 0.15) is 29.6 Å². The molecular formula is C13H13F2NO4. The van der Waals surface area contributed by atoms with E-state index in [0.29, 0.717) is 12.7 Å². The number of aromatic carboxylic acids is 1. The van der Waals surface area contributed by atoms with Crippen LogP contribution in [-0.4, -0.2) is 29.7 Å². The lowest BCUT2D eigenvalue weighted by Crippen LogP contribution is -2.20. The summed E-state index contributed by atoms with van der Waals surface area (Å²) in [5.74, 6) is -4.24. The van der Waals surface area contributed by atoms with Gasteiger partial charge in [0.05, 0.1) is 23.8 Å². The highest BCUT2D eigenvalue weighted by atomic mass is 19.1. The van der Waals surface area contributed by atoms with Crippen molar-refractivity contribution in [1.29, 1.82) is 0 Å². The summed E-state index contributed by atoms with van der Waals surface area (Å²) in [4.78, 5) is 22.4. The van der Waals surface area contributed by atoms with E-state index < -0.39 is 29.1 Å². The highest BCUT2D eigenvalue weighted by Gasteiger charge is 2.21. The zero-order chi connectivity index (χ0) is 14.7. The Morgan fingerprint density at radius 3 is 2.70 bits per heavy atom. The van der Waals surface area contributed by atoms with Crippen LogP contribution in [0.5, 0.6) is 0 Å². The van der Waals surface area contributed by atoms with Crippen molar-refractivity contribution in [3.63, 3.8) is 0 Å². The molecule has 0 saturated carbocycles. The lowest BCUT2D eigenvalue weighted by atomic mass is 10.1. The van der Waals surface area contributed by atoms with Crippen molar-refractivity contribution < 1.29 is 28.2 Å². The minimum Gasteiger partial charge on any atom is -0.478 e. The van der Waals surface area contributed by atoms with Gasteiger partial charge in [0, 0.05) is 12.7 Å². The molecule has 5 nitrogen and oxygen atoms in total. The van der Waals surface area contributed by atoms with Gasteiger partial charge in [-0.3, -0.25) is 4.79 Å². The maximum absolute atomic E-state index is 13.5. The van der Waals surface area contributed by atoms with Gasteiger partial charge in [-0.05, 0) is 18.9 Å². The molecule has 20 heavy (non-hydrogen) atoms. The average molecular weight is 285 g/mol. The summed E-state index contributed by atoms with van der Waals surface area (Å²) < 4.78 is 31.9. The standard InChI is InChI=1S/C13H13F2NO4/c14-9-6-10(15)11(5-8(9)13(18)19)16-12(17)4-7-2-1-3-20-7/h5-7H,1-4H2,(H,16,17)(H,18,19). The van der Waals surface area contributed by atoms with Gasteiger partial charge in [0.2, 0.25) is 5.91 Å². The van der Waals surface area contributed by atoms with Gasteiger partial charge < -0.3 is 15.2 Å². The second-order valence-electron chi connectivity index (χ2n) is 4.50. The van der Waals surface area contributed by atoms with Crippen LogP contribution in [0.3, 0.4) is 0 Å². The van der Waals surface area contributed by atoms with Crippen molar-refractivity contribution in [2.24, 2.45) is 0 Å². The number of carbonyl (C=O) groups is 2.